The van der Waals surface area contributed by atoms with Crippen LogP contribution in [0.3, 0.4) is 0 Å². The van der Waals surface area contributed by atoms with Gasteiger partial charge in [-0.15, -0.1) is 0 Å². The third kappa shape index (κ3) is 4.81. The Morgan fingerprint density at radius 1 is 0.962 bits per heavy atom. The maximum absolute atomic E-state index is 13.2. The topological polar surface area (TPSA) is 30.0 Å². The summed E-state index contributed by atoms with van der Waals surface area (Å²) in [7, 11) is 3.80. The van der Waals surface area contributed by atoms with Gasteiger partial charge in [-0.3, -0.25) is 14.6 Å². The third-order valence-electron chi connectivity index (χ3n) is 5.55. The molecule has 0 aliphatic carbocycles. The van der Waals surface area contributed by atoms with Crippen molar-refractivity contribution in [2.24, 2.45) is 0 Å². The maximum Gasteiger partial charge on any atom is 0.244 e. The molecule has 2 aliphatic rings. The van der Waals surface area contributed by atoms with Crippen molar-refractivity contribution >= 4 is 5.91 Å². The van der Waals surface area contributed by atoms with Crippen molar-refractivity contribution in [2.75, 3.05) is 66.5 Å². The summed E-state index contributed by atoms with van der Waals surface area (Å²) in [5.74, 6) is -0.161. The average molecular weight is 362 g/mol. The van der Waals surface area contributed by atoms with Gasteiger partial charge < -0.3 is 9.80 Å². The van der Waals surface area contributed by atoms with Crippen LogP contribution in [0.2, 0.25) is 0 Å². The molecule has 26 heavy (non-hydrogen) atoms. The molecule has 6 heteroatoms. The van der Waals surface area contributed by atoms with Gasteiger partial charge in [0.2, 0.25) is 5.91 Å². The summed E-state index contributed by atoms with van der Waals surface area (Å²) in [6.07, 6.45) is 2.66. The summed E-state index contributed by atoms with van der Waals surface area (Å²) in [5, 5.41) is 0. The molecule has 1 aromatic rings. The lowest BCUT2D eigenvalue weighted by atomic mass is 10.0. The van der Waals surface area contributed by atoms with E-state index in [1.54, 1.807) is 12.1 Å². The smallest absolute Gasteiger partial charge is 0.244 e. The predicted molar refractivity (Wildman–Crippen MR) is 102 cm³/mol. The van der Waals surface area contributed by atoms with Crippen molar-refractivity contribution in [3.8, 4) is 0 Å². The highest BCUT2D eigenvalue weighted by Gasteiger charge is 2.30. The first-order valence-corrected chi connectivity index (χ1v) is 9.70. The Bertz CT molecular complexity index is 578. The van der Waals surface area contributed by atoms with E-state index in [1.165, 1.54) is 38.1 Å². The maximum atomic E-state index is 13.2. The molecule has 0 bridgehead atoms. The normalized spacial score (nSPS) is 20.7. The van der Waals surface area contributed by atoms with E-state index in [2.05, 4.69) is 9.80 Å². The van der Waals surface area contributed by atoms with Crippen LogP contribution in [0.5, 0.6) is 0 Å². The molecule has 0 spiro atoms. The number of nitrogens with zero attached hydrogens (tertiary/aromatic N) is 4. The summed E-state index contributed by atoms with van der Waals surface area (Å²) in [6.45, 7) is 8.11. The van der Waals surface area contributed by atoms with E-state index in [1.807, 2.05) is 23.9 Å². The SMILES string of the molecule is CN(C)[C@@H](C(=O)N1CCN(CCN2CCCC2)CC1)c1ccc(F)cc1. The highest BCUT2D eigenvalue weighted by Crippen LogP contribution is 2.22. The van der Waals surface area contributed by atoms with Crippen LogP contribution in [0.15, 0.2) is 24.3 Å². The Kier molecular flexibility index (Phi) is 6.62. The number of likely N-dealkylation sites (N-methyl/N-ethyl adjacent to an activating group) is 1. The average Bonchev–Trinajstić information content (AvgIpc) is 3.15. The minimum Gasteiger partial charge on any atom is -0.338 e. The first-order chi connectivity index (χ1) is 12.5. The van der Waals surface area contributed by atoms with Crippen LogP contribution < -0.4 is 0 Å². The summed E-state index contributed by atoms with van der Waals surface area (Å²) in [4.78, 5) is 21.9. The lowest BCUT2D eigenvalue weighted by Crippen LogP contribution is -2.52. The van der Waals surface area contributed by atoms with Crippen LogP contribution in [0.25, 0.3) is 0 Å². The lowest BCUT2D eigenvalue weighted by molar-refractivity contribution is -0.138. The fourth-order valence-electron chi connectivity index (χ4n) is 3.96. The van der Waals surface area contributed by atoms with E-state index in [9.17, 15) is 9.18 Å². The molecule has 0 radical (unpaired) electrons. The van der Waals surface area contributed by atoms with Crippen LogP contribution in [-0.2, 0) is 4.79 Å². The Morgan fingerprint density at radius 3 is 2.04 bits per heavy atom. The van der Waals surface area contributed by atoms with Crippen LogP contribution in [0.4, 0.5) is 4.39 Å². The van der Waals surface area contributed by atoms with Crippen molar-refractivity contribution in [3.63, 3.8) is 0 Å². The van der Waals surface area contributed by atoms with Crippen LogP contribution in [0, 0.1) is 5.82 Å². The monoisotopic (exact) mass is 362 g/mol. The molecule has 0 aromatic heterocycles. The molecule has 2 saturated heterocycles. The Hall–Kier alpha value is -1.50. The molecule has 5 nitrogen and oxygen atoms in total. The van der Waals surface area contributed by atoms with E-state index in [4.69, 9.17) is 0 Å². The second-order valence-corrected chi connectivity index (χ2v) is 7.63. The van der Waals surface area contributed by atoms with Crippen molar-refractivity contribution in [3.05, 3.63) is 35.6 Å². The molecule has 2 heterocycles. The predicted octanol–water partition coefficient (Wildman–Crippen LogP) is 1.67. The number of benzene rings is 1. The number of carbonyl (C=O) groups is 1. The summed E-state index contributed by atoms with van der Waals surface area (Å²) in [6, 6.07) is 5.92. The number of halogens is 1. The first-order valence-electron chi connectivity index (χ1n) is 9.70. The van der Waals surface area contributed by atoms with Crippen LogP contribution in [-0.4, -0.2) is 92.0 Å². The third-order valence-corrected chi connectivity index (χ3v) is 5.55. The molecular weight excluding hydrogens is 331 g/mol. The van der Waals surface area contributed by atoms with Gasteiger partial charge in [0.15, 0.2) is 0 Å². The molecule has 2 aliphatic heterocycles. The minimum atomic E-state index is -0.355. The molecular formula is C20H31FN4O. The standard InChI is InChI=1S/C20H31FN4O/c1-22(2)19(17-5-7-18(21)8-6-17)20(26)25-15-13-24(14-16-25)12-11-23-9-3-4-10-23/h5-8,19H,3-4,9-16H2,1-2H3/t19-/m1/s1. The van der Waals surface area contributed by atoms with E-state index < -0.39 is 0 Å². The van der Waals surface area contributed by atoms with Gasteiger partial charge in [0.1, 0.15) is 11.9 Å². The van der Waals surface area contributed by atoms with E-state index in [-0.39, 0.29) is 17.8 Å². The van der Waals surface area contributed by atoms with Crippen molar-refractivity contribution in [1.82, 2.24) is 19.6 Å². The number of carbonyl (C=O) groups excluding carboxylic acids is 1. The molecule has 1 atom stereocenters. The van der Waals surface area contributed by atoms with Crippen LogP contribution in [0.1, 0.15) is 24.4 Å². The summed E-state index contributed by atoms with van der Waals surface area (Å²) < 4.78 is 13.2. The second-order valence-electron chi connectivity index (χ2n) is 7.63. The highest BCUT2D eigenvalue weighted by atomic mass is 19.1. The van der Waals surface area contributed by atoms with Gasteiger partial charge in [-0.1, -0.05) is 12.1 Å². The van der Waals surface area contributed by atoms with Gasteiger partial charge >= 0.3 is 0 Å². The van der Waals surface area contributed by atoms with E-state index in [0.717, 1.165) is 44.8 Å². The van der Waals surface area contributed by atoms with E-state index >= 15 is 0 Å². The zero-order valence-electron chi connectivity index (χ0n) is 16.0. The number of rotatable bonds is 6. The van der Waals surface area contributed by atoms with Crippen molar-refractivity contribution < 1.29 is 9.18 Å². The van der Waals surface area contributed by atoms with Gasteiger partial charge in [-0.2, -0.15) is 0 Å². The molecule has 3 rings (SSSR count). The Morgan fingerprint density at radius 2 is 1.50 bits per heavy atom. The fourth-order valence-corrected chi connectivity index (χ4v) is 3.96. The van der Waals surface area contributed by atoms with Gasteiger partial charge in [0, 0.05) is 39.3 Å². The number of hydrogen-bond acceptors (Lipinski definition) is 4. The Labute approximate surface area is 156 Å². The highest BCUT2D eigenvalue weighted by molar-refractivity contribution is 5.83. The van der Waals surface area contributed by atoms with Crippen molar-refractivity contribution in [2.45, 2.75) is 18.9 Å². The number of likely N-dealkylation sites (tertiary alicyclic amines) is 1. The molecule has 1 aromatic carbocycles. The molecule has 1 amide bonds. The zero-order valence-corrected chi connectivity index (χ0v) is 16.0. The minimum absolute atomic E-state index is 0.112. The molecule has 0 saturated carbocycles. The number of piperazine rings is 1. The quantitative estimate of drug-likeness (QED) is 0.770. The first kappa shape index (κ1) is 19.3. The van der Waals surface area contributed by atoms with Gasteiger partial charge in [-0.05, 0) is 57.7 Å². The molecule has 0 unspecified atom stereocenters. The second kappa shape index (κ2) is 8.93. The van der Waals surface area contributed by atoms with E-state index in [0.29, 0.717) is 0 Å². The largest absolute Gasteiger partial charge is 0.338 e. The number of hydrogen-bond donors (Lipinski definition) is 0. The lowest BCUT2D eigenvalue weighted by Gasteiger charge is -2.38. The summed E-state index contributed by atoms with van der Waals surface area (Å²) in [5.41, 5.74) is 0.845. The zero-order chi connectivity index (χ0) is 18.5. The van der Waals surface area contributed by atoms with Crippen molar-refractivity contribution in [1.29, 1.82) is 0 Å². The Balaban J connectivity index is 1.53. The van der Waals surface area contributed by atoms with Gasteiger partial charge in [0.25, 0.3) is 0 Å². The number of amides is 1. The summed E-state index contributed by atoms with van der Waals surface area (Å²) >= 11 is 0. The van der Waals surface area contributed by atoms with Gasteiger partial charge in [-0.25, -0.2) is 4.39 Å². The van der Waals surface area contributed by atoms with Crippen LogP contribution >= 0.6 is 0 Å². The molecule has 144 valence electrons. The molecule has 0 N–H and O–H groups in total. The molecule has 2 fully saturated rings. The van der Waals surface area contributed by atoms with Gasteiger partial charge in [0.05, 0.1) is 0 Å². The fraction of sp³-hybridized carbons (Fsp3) is 0.650.